The molecule has 2 aromatic carbocycles. The molecule has 0 bridgehead atoms. The Labute approximate surface area is 170 Å². The lowest BCUT2D eigenvalue weighted by Gasteiger charge is -2.29. The smallest absolute Gasteiger partial charge is 0.237 e. The molecule has 0 aromatic heterocycles. The van der Waals surface area contributed by atoms with E-state index in [4.69, 9.17) is 11.6 Å². The van der Waals surface area contributed by atoms with Crippen molar-refractivity contribution in [3.05, 3.63) is 70.2 Å². The van der Waals surface area contributed by atoms with Gasteiger partial charge in [0.25, 0.3) is 0 Å². The van der Waals surface area contributed by atoms with Gasteiger partial charge >= 0.3 is 0 Å². The summed E-state index contributed by atoms with van der Waals surface area (Å²) in [5, 5.41) is 0.777. The van der Waals surface area contributed by atoms with Crippen LogP contribution >= 0.6 is 23.4 Å². The molecule has 2 aliphatic rings. The molecule has 5 heteroatoms. The minimum absolute atomic E-state index is 0.0331. The van der Waals surface area contributed by atoms with E-state index in [-0.39, 0.29) is 11.3 Å². The molecule has 4 rings (SSSR count). The second-order valence-corrected chi connectivity index (χ2v) is 8.99. The van der Waals surface area contributed by atoms with Crippen LogP contribution in [0.4, 0.5) is 0 Å². The lowest BCUT2D eigenvalue weighted by molar-refractivity contribution is -0.132. The molecule has 1 saturated heterocycles. The molecular weight excluding hydrogens is 376 g/mol. The SMILES string of the molecule is Cc1ccccc1CN(CC(=O)N1CCS[C@@H]1c1ccccc1Cl)C1CC1. The van der Waals surface area contributed by atoms with Gasteiger partial charge in [-0.05, 0) is 37.0 Å². The summed E-state index contributed by atoms with van der Waals surface area (Å²) >= 11 is 8.21. The molecule has 1 aliphatic carbocycles. The number of nitrogens with zero attached hydrogens (tertiary/aromatic N) is 2. The molecule has 0 N–H and O–H groups in total. The predicted molar refractivity (Wildman–Crippen MR) is 113 cm³/mol. The summed E-state index contributed by atoms with van der Waals surface area (Å²) in [4.78, 5) is 17.6. The van der Waals surface area contributed by atoms with E-state index in [2.05, 4.69) is 36.1 Å². The molecule has 1 saturated carbocycles. The van der Waals surface area contributed by atoms with Crippen molar-refractivity contribution < 1.29 is 4.79 Å². The maximum atomic E-state index is 13.2. The van der Waals surface area contributed by atoms with Gasteiger partial charge in [-0.15, -0.1) is 11.8 Å². The van der Waals surface area contributed by atoms with E-state index >= 15 is 0 Å². The maximum absolute atomic E-state index is 13.2. The number of halogens is 1. The number of rotatable bonds is 6. The molecule has 1 aliphatic heterocycles. The van der Waals surface area contributed by atoms with Crippen molar-refractivity contribution in [2.45, 2.75) is 37.7 Å². The highest BCUT2D eigenvalue weighted by atomic mass is 35.5. The van der Waals surface area contributed by atoms with Gasteiger partial charge in [0.1, 0.15) is 5.37 Å². The van der Waals surface area contributed by atoms with Crippen LogP contribution in [0.2, 0.25) is 5.02 Å². The Kier molecular flexibility index (Phi) is 5.76. The van der Waals surface area contributed by atoms with Crippen molar-refractivity contribution in [2.24, 2.45) is 0 Å². The molecule has 1 heterocycles. The number of carbonyl (C=O) groups excluding carboxylic acids is 1. The fraction of sp³-hybridized carbons (Fsp3) is 0.409. The van der Waals surface area contributed by atoms with E-state index in [1.165, 1.54) is 24.0 Å². The van der Waals surface area contributed by atoms with Crippen molar-refractivity contribution in [1.29, 1.82) is 0 Å². The molecular formula is C22H25ClN2OS. The van der Waals surface area contributed by atoms with Crippen molar-refractivity contribution in [3.63, 3.8) is 0 Å². The Morgan fingerprint density at radius 2 is 1.93 bits per heavy atom. The minimum Gasteiger partial charge on any atom is -0.325 e. The number of carbonyl (C=O) groups is 1. The normalized spacial score (nSPS) is 19.7. The Morgan fingerprint density at radius 1 is 1.19 bits per heavy atom. The maximum Gasteiger partial charge on any atom is 0.237 e. The largest absolute Gasteiger partial charge is 0.325 e. The molecule has 0 spiro atoms. The van der Waals surface area contributed by atoms with Gasteiger partial charge in [-0.3, -0.25) is 9.69 Å². The van der Waals surface area contributed by atoms with Crippen LogP contribution in [-0.2, 0) is 11.3 Å². The van der Waals surface area contributed by atoms with Crippen molar-refractivity contribution >= 4 is 29.3 Å². The third-order valence-electron chi connectivity index (χ3n) is 5.42. The second kappa shape index (κ2) is 8.26. The summed E-state index contributed by atoms with van der Waals surface area (Å²) in [6.07, 6.45) is 2.39. The number of thioether (sulfide) groups is 1. The monoisotopic (exact) mass is 400 g/mol. The van der Waals surface area contributed by atoms with Crippen molar-refractivity contribution in [3.8, 4) is 0 Å². The first-order valence-electron chi connectivity index (χ1n) is 9.57. The zero-order chi connectivity index (χ0) is 18.8. The molecule has 3 nitrogen and oxygen atoms in total. The number of benzene rings is 2. The fourth-order valence-corrected chi connectivity index (χ4v) is 5.30. The van der Waals surface area contributed by atoms with Crippen molar-refractivity contribution in [1.82, 2.24) is 9.80 Å². The highest BCUT2D eigenvalue weighted by Crippen LogP contribution is 2.41. The van der Waals surface area contributed by atoms with E-state index in [9.17, 15) is 4.79 Å². The third-order valence-corrected chi connectivity index (χ3v) is 7.01. The molecule has 1 atom stereocenters. The second-order valence-electron chi connectivity index (χ2n) is 7.39. The van der Waals surface area contributed by atoms with Gasteiger partial charge < -0.3 is 4.90 Å². The number of amides is 1. The van der Waals surface area contributed by atoms with Crippen LogP contribution in [0.5, 0.6) is 0 Å². The van der Waals surface area contributed by atoms with Crippen molar-refractivity contribution in [2.75, 3.05) is 18.8 Å². The standard InChI is InChI=1S/C22H25ClN2OS/c1-16-6-2-3-7-17(16)14-24(18-10-11-18)15-21(26)25-12-13-27-22(25)19-8-4-5-9-20(19)23/h2-9,18,22H,10-15H2,1H3/t22-/m1/s1. The van der Waals surface area contributed by atoms with Gasteiger partial charge in [0.15, 0.2) is 0 Å². The average Bonchev–Trinajstić information content (AvgIpc) is 3.40. The van der Waals surface area contributed by atoms with Crippen LogP contribution in [0.3, 0.4) is 0 Å². The zero-order valence-corrected chi connectivity index (χ0v) is 17.2. The highest BCUT2D eigenvalue weighted by Gasteiger charge is 2.36. The Bertz CT molecular complexity index is 823. The summed E-state index contributed by atoms with van der Waals surface area (Å²) in [6.45, 7) is 4.27. The van der Waals surface area contributed by atoms with Gasteiger partial charge in [0, 0.05) is 35.5 Å². The number of hydrogen-bond acceptors (Lipinski definition) is 3. The van der Waals surface area contributed by atoms with Gasteiger partial charge in [-0.25, -0.2) is 0 Å². The number of aryl methyl sites for hydroxylation is 1. The van der Waals surface area contributed by atoms with Crippen LogP contribution < -0.4 is 0 Å². The zero-order valence-electron chi connectivity index (χ0n) is 15.6. The first kappa shape index (κ1) is 18.9. The van der Waals surface area contributed by atoms with Crippen LogP contribution in [0.1, 0.15) is 34.9 Å². The Hall–Kier alpha value is -1.49. The number of hydrogen-bond donors (Lipinski definition) is 0. The average molecular weight is 401 g/mol. The predicted octanol–water partition coefficient (Wildman–Crippen LogP) is 4.89. The summed E-state index contributed by atoms with van der Waals surface area (Å²) < 4.78 is 0. The van der Waals surface area contributed by atoms with Gasteiger partial charge in [-0.2, -0.15) is 0 Å². The molecule has 0 unspecified atom stereocenters. The van der Waals surface area contributed by atoms with Gasteiger partial charge in [0.05, 0.1) is 6.54 Å². The molecule has 27 heavy (non-hydrogen) atoms. The van der Waals surface area contributed by atoms with Crippen LogP contribution in [0, 0.1) is 6.92 Å². The van der Waals surface area contributed by atoms with E-state index in [0.29, 0.717) is 12.6 Å². The summed E-state index contributed by atoms with van der Waals surface area (Å²) in [6, 6.07) is 16.9. The summed E-state index contributed by atoms with van der Waals surface area (Å²) in [7, 11) is 0. The van der Waals surface area contributed by atoms with Crippen LogP contribution in [0.25, 0.3) is 0 Å². The Balaban J connectivity index is 1.48. The Morgan fingerprint density at radius 3 is 2.67 bits per heavy atom. The van der Waals surface area contributed by atoms with E-state index in [1.807, 2.05) is 29.2 Å². The topological polar surface area (TPSA) is 23.6 Å². The van der Waals surface area contributed by atoms with E-state index in [0.717, 1.165) is 29.4 Å². The fourth-order valence-electron chi connectivity index (χ4n) is 3.68. The lowest BCUT2D eigenvalue weighted by atomic mass is 10.1. The van der Waals surface area contributed by atoms with E-state index < -0.39 is 0 Å². The first-order valence-corrected chi connectivity index (χ1v) is 11.0. The quantitative estimate of drug-likeness (QED) is 0.689. The highest BCUT2D eigenvalue weighted by molar-refractivity contribution is 7.99. The van der Waals surface area contributed by atoms with Gasteiger partial charge in [0.2, 0.25) is 5.91 Å². The van der Waals surface area contributed by atoms with E-state index in [1.54, 1.807) is 11.8 Å². The minimum atomic E-state index is 0.0331. The lowest BCUT2D eigenvalue weighted by Crippen LogP contribution is -2.40. The molecule has 0 radical (unpaired) electrons. The molecule has 142 valence electrons. The van der Waals surface area contributed by atoms with Gasteiger partial charge in [-0.1, -0.05) is 54.1 Å². The summed E-state index contributed by atoms with van der Waals surface area (Å²) in [5.41, 5.74) is 3.66. The molecule has 1 amide bonds. The van der Waals surface area contributed by atoms with Crippen LogP contribution in [0.15, 0.2) is 48.5 Å². The first-order chi connectivity index (χ1) is 13.1. The third kappa shape index (κ3) is 4.34. The molecule has 2 fully saturated rings. The molecule has 2 aromatic rings. The van der Waals surface area contributed by atoms with Crippen LogP contribution in [-0.4, -0.2) is 40.6 Å². The summed E-state index contributed by atoms with van der Waals surface area (Å²) in [5.74, 6) is 1.17.